The molecule has 0 fully saturated rings. The molecule has 12 aromatic rings. The predicted octanol–water partition coefficient (Wildman–Crippen LogP) is 17.0. The van der Waals surface area contributed by atoms with Gasteiger partial charge < -0.3 is 8.98 Å². The lowest BCUT2D eigenvalue weighted by Gasteiger charge is -2.37. The fourth-order valence-corrected chi connectivity index (χ4v) is 11.9. The van der Waals surface area contributed by atoms with Crippen LogP contribution in [0.5, 0.6) is 0 Å². The van der Waals surface area contributed by atoms with Crippen LogP contribution in [0.25, 0.3) is 98.8 Å². The van der Waals surface area contributed by atoms with Crippen LogP contribution < -0.4 is 0 Å². The second kappa shape index (κ2) is 14.5. The summed E-state index contributed by atoms with van der Waals surface area (Å²) in [7, 11) is 0. The third-order valence-electron chi connectivity index (χ3n) is 14.4. The molecule has 66 heavy (non-hydrogen) atoms. The van der Waals surface area contributed by atoms with Crippen molar-refractivity contribution in [2.45, 2.75) is 5.92 Å². The molecule has 2 heteroatoms. The molecule has 2 nitrogen and oxygen atoms in total. The molecule has 2 aromatic heterocycles. The molecule has 0 spiro atoms. The third-order valence-corrected chi connectivity index (χ3v) is 14.4. The molecule has 2 aliphatic carbocycles. The van der Waals surface area contributed by atoms with Crippen LogP contribution in [0.2, 0.25) is 0 Å². The van der Waals surface area contributed by atoms with Gasteiger partial charge in [-0.25, -0.2) is 0 Å². The number of rotatable bonds is 5. The van der Waals surface area contributed by atoms with Crippen LogP contribution >= 0.6 is 0 Å². The molecule has 2 aliphatic rings. The molecule has 2 heterocycles. The van der Waals surface area contributed by atoms with Crippen LogP contribution in [-0.4, -0.2) is 4.57 Å². The van der Waals surface area contributed by atoms with Gasteiger partial charge in [-0.1, -0.05) is 206 Å². The minimum absolute atomic E-state index is 0.0900. The van der Waals surface area contributed by atoms with E-state index in [9.17, 15) is 0 Å². The average Bonchev–Trinajstić information content (AvgIpc) is 3.94. The van der Waals surface area contributed by atoms with Gasteiger partial charge in [0.05, 0.1) is 11.0 Å². The van der Waals surface area contributed by atoms with E-state index in [1.807, 2.05) is 0 Å². The maximum atomic E-state index is 7.17. The van der Waals surface area contributed by atoms with E-state index in [1.165, 1.54) is 99.1 Å². The first-order valence-electron chi connectivity index (χ1n) is 23.0. The van der Waals surface area contributed by atoms with Gasteiger partial charge in [-0.3, -0.25) is 0 Å². The Balaban J connectivity index is 1.01. The first-order chi connectivity index (χ1) is 32.8. The highest BCUT2D eigenvalue weighted by Crippen LogP contribution is 2.54. The molecule has 2 atom stereocenters. The zero-order valence-corrected chi connectivity index (χ0v) is 36.0. The lowest BCUT2D eigenvalue weighted by atomic mass is 9.66. The van der Waals surface area contributed by atoms with E-state index >= 15 is 0 Å². The summed E-state index contributed by atoms with van der Waals surface area (Å²) in [5.41, 5.74) is 17.9. The Kier molecular flexibility index (Phi) is 8.14. The maximum Gasteiger partial charge on any atom is 0.143 e. The number of nitrogens with zero attached hydrogens (tertiary/aromatic N) is 1. The first kappa shape index (κ1) is 37.0. The molecule has 0 bridgehead atoms. The van der Waals surface area contributed by atoms with Gasteiger partial charge in [-0.05, 0) is 96.4 Å². The summed E-state index contributed by atoms with van der Waals surface area (Å²) in [5, 5.41) is 9.75. The van der Waals surface area contributed by atoms with Gasteiger partial charge >= 0.3 is 0 Å². The van der Waals surface area contributed by atoms with Crippen molar-refractivity contribution in [2.75, 3.05) is 0 Å². The summed E-state index contributed by atoms with van der Waals surface area (Å²) in [4.78, 5) is 0. The van der Waals surface area contributed by atoms with Gasteiger partial charge in [0, 0.05) is 50.2 Å². The summed E-state index contributed by atoms with van der Waals surface area (Å²) >= 11 is 0. The Morgan fingerprint density at radius 2 is 0.970 bits per heavy atom. The Morgan fingerprint density at radius 1 is 0.394 bits per heavy atom. The van der Waals surface area contributed by atoms with Crippen LogP contribution in [0.4, 0.5) is 0 Å². The summed E-state index contributed by atoms with van der Waals surface area (Å²) in [6.07, 6.45) is 9.28. The summed E-state index contributed by atoms with van der Waals surface area (Å²) in [6, 6.07) is 77.7. The highest BCUT2D eigenvalue weighted by atomic mass is 16.3. The zero-order valence-electron chi connectivity index (χ0n) is 36.0. The summed E-state index contributed by atoms with van der Waals surface area (Å²) < 4.78 is 9.60. The quantitative estimate of drug-likeness (QED) is 0.158. The molecule has 0 saturated heterocycles. The zero-order chi connectivity index (χ0) is 43.3. The standard InChI is InChI=1S/C64H41NO/c1-3-20-40(21-4-1)58-42-24-7-9-26-44(42)61(45-27-10-8-25-43(45)58)53-35-17-36-54-63-52(34-19-39-57(63)66-64(53)54)60-48-30-13-11-28-46(48)59(47-29-12-14-31-49(47)60)51-33-18-38-56-62(51)50-32-15-16-37-55(50)65(56)41-22-5-2-6-23-41/h1-39,46,59H. The molecule has 14 rings (SSSR count). The van der Waals surface area contributed by atoms with Crippen LogP contribution in [0, 0.1) is 5.92 Å². The van der Waals surface area contributed by atoms with E-state index in [1.54, 1.807) is 0 Å². The summed E-state index contributed by atoms with van der Waals surface area (Å²) in [6.45, 7) is 0. The van der Waals surface area contributed by atoms with E-state index in [2.05, 4.69) is 241 Å². The van der Waals surface area contributed by atoms with Crippen molar-refractivity contribution in [1.29, 1.82) is 0 Å². The van der Waals surface area contributed by atoms with Gasteiger partial charge in [0.1, 0.15) is 11.2 Å². The van der Waals surface area contributed by atoms with Gasteiger partial charge in [0.2, 0.25) is 0 Å². The topological polar surface area (TPSA) is 18.1 Å². The molecule has 2 unspecified atom stereocenters. The minimum atomic E-state index is 0.0900. The van der Waals surface area contributed by atoms with Crippen LogP contribution in [0.15, 0.2) is 247 Å². The maximum absolute atomic E-state index is 7.17. The van der Waals surface area contributed by atoms with Crippen LogP contribution in [-0.2, 0) is 0 Å². The molecular formula is C64H41NO. The van der Waals surface area contributed by atoms with Crippen molar-refractivity contribution in [3.63, 3.8) is 0 Å². The van der Waals surface area contributed by atoms with Crippen molar-refractivity contribution in [3.05, 3.63) is 264 Å². The van der Waals surface area contributed by atoms with Crippen molar-refractivity contribution in [2.24, 2.45) is 5.92 Å². The Morgan fingerprint density at radius 3 is 1.76 bits per heavy atom. The van der Waals surface area contributed by atoms with Crippen molar-refractivity contribution < 1.29 is 4.42 Å². The molecule has 0 N–H and O–H groups in total. The second-order valence-electron chi connectivity index (χ2n) is 17.8. The van der Waals surface area contributed by atoms with Gasteiger partial charge in [0.15, 0.2) is 0 Å². The first-order valence-corrected chi connectivity index (χ1v) is 23.0. The molecule has 308 valence electrons. The number of hydrogen-bond donors (Lipinski definition) is 0. The minimum Gasteiger partial charge on any atom is -0.455 e. The van der Waals surface area contributed by atoms with Crippen LogP contribution in [0.1, 0.15) is 28.2 Å². The largest absolute Gasteiger partial charge is 0.455 e. The SMILES string of the molecule is C1=CC2=C(c3cccc4oc5c(-c6c7ccccc7c(-c7ccccc7)c7ccccc67)cccc5c34)c3ccccc3C(c3cccc4c3c3ccccc3n4-c3ccccc3)C2C=C1. The number of fused-ring (bicyclic) bond motifs is 10. The Labute approximate surface area is 382 Å². The van der Waals surface area contributed by atoms with Crippen molar-refractivity contribution >= 4 is 70.9 Å². The fourth-order valence-electron chi connectivity index (χ4n) is 11.9. The number of benzene rings is 10. The molecule has 0 radical (unpaired) electrons. The number of para-hydroxylation sites is 3. The molecular weight excluding hydrogens is 799 g/mol. The Hall–Kier alpha value is -8.46. The van der Waals surface area contributed by atoms with Gasteiger partial charge in [0.25, 0.3) is 0 Å². The van der Waals surface area contributed by atoms with E-state index in [4.69, 9.17) is 4.42 Å². The lowest BCUT2D eigenvalue weighted by Crippen LogP contribution is -2.23. The van der Waals surface area contributed by atoms with E-state index in [-0.39, 0.29) is 11.8 Å². The average molecular weight is 840 g/mol. The third kappa shape index (κ3) is 5.30. The van der Waals surface area contributed by atoms with Gasteiger partial charge in [-0.15, -0.1) is 0 Å². The van der Waals surface area contributed by atoms with E-state index in [0.717, 1.165) is 27.5 Å². The second-order valence-corrected chi connectivity index (χ2v) is 17.8. The monoisotopic (exact) mass is 839 g/mol. The highest BCUT2D eigenvalue weighted by Gasteiger charge is 2.37. The Bertz CT molecular complexity index is 3990. The summed E-state index contributed by atoms with van der Waals surface area (Å²) in [5.74, 6) is 0.196. The van der Waals surface area contributed by atoms with E-state index in [0.29, 0.717) is 0 Å². The normalized spacial score (nSPS) is 15.7. The lowest BCUT2D eigenvalue weighted by molar-refractivity contribution is 0.653. The smallest absolute Gasteiger partial charge is 0.143 e. The van der Waals surface area contributed by atoms with E-state index < -0.39 is 0 Å². The van der Waals surface area contributed by atoms with Crippen molar-refractivity contribution in [3.8, 4) is 27.9 Å². The molecule has 10 aromatic carbocycles. The molecule has 0 amide bonds. The molecule has 0 aliphatic heterocycles. The van der Waals surface area contributed by atoms with Crippen molar-refractivity contribution in [1.82, 2.24) is 4.57 Å². The fraction of sp³-hybridized carbons (Fsp3) is 0.0312. The molecule has 0 saturated carbocycles. The van der Waals surface area contributed by atoms with Crippen LogP contribution in [0.3, 0.4) is 0 Å². The number of furan rings is 1. The number of allylic oxidation sites excluding steroid dienone is 5. The number of aromatic nitrogens is 1. The highest BCUT2D eigenvalue weighted by molar-refractivity contribution is 6.25. The predicted molar refractivity (Wildman–Crippen MR) is 276 cm³/mol. The van der Waals surface area contributed by atoms with Gasteiger partial charge in [-0.2, -0.15) is 0 Å². The number of hydrogen-bond acceptors (Lipinski definition) is 1.